The van der Waals surface area contributed by atoms with Crippen molar-refractivity contribution in [3.63, 3.8) is 0 Å². The molecule has 28 heavy (non-hydrogen) atoms. The van der Waals surface area contributed by atoms with Gasteiger partial charge >= 0.3 is 0 Å². The molecule has 0 bridgehead atoms. The maximum absolute atomic E-state index is 3.73. The minimum absolute atomic E-state index is 0.483. The Labute approximate surface area is 167 Å². The summed E-state index contributed by atoms with van der Waals surface area (Å²) in [5.41, 5.74) is 5.42. The third-order valence-electron chi connectivity index (χ3n) is 5.42. The Morgan fingerprint density at radius 2 is 1.43 bits per heavy atom. The van der Waals surface area contributed by atoms with E-state index in [1.165, 1.54) is 27.6 Å². The van der Waals surface area contributed by atoms with Gasteiger partial charge in [-0.05, 0) is 42.5 Å². The van der Waals surface area contributed by atoms with Gasteiger partial charge in [-0.2, -0.15) is 0 Å². The molecule has 1 heterocycles. The first-order valence-electron chi connectivity index (χ1n) is 10.2. The quantitative estimate of drug-likeness (QED) is 0.416. The lowest BCUT2D eigenvalue weighted by Gasteiger charge is -2.13. The van der Waals surface area contributed by atoms with E-state index in [1.54, 1.807) is 0 Å². The van der Waals surface area contributed by atoms with Gasteiger partial charge in [0.1, 0.15) is 0 Å². The van der Waals surface area contributed by atoms with Crippen LogP contribution in [0.15, 0.2) is 91.1 Å². The fourth-order valence-electron chi connectivity index (χ4n) is 3.79. The van der Waals surface area contributed by atoms with Crippen molar-refractivity contribution in [2.75, 3.05) is 0 Å². The molecule has 2 heteroatoms. The van der Waals surface area contributed by atoms with Crippen molar-refractivity contribution in [1.82, 2.24) is 9.88 Å². The normalized spacial score (nSPS) is 12.3. The zero-order chi connectivity index (χ0) is 19.2. The Bertz CT molecular complexity index is 1000. The topological polar surface area (TPSA) is 17.0 Å². The molecule has 0 amide bonds. The highest BCUT2D eigenvalue weighted by Gasteiger charge is 2.10. The Morgan fingerprint density at radius 3 is 2.18 bits per heavy atom. The summed E-state index contributed by atoms with van der Waals surface area (Å²) in [6, 6.07) is 30.6. The van der Waals surface area contributed by atoms with Crippen molar-refractivity contribution in [3.05, 3.63) is 108 Å². The van der Waals surface area contributed by atoms with Gasteiger partial charge in [-0.3, -0.25) is 0 Å². The van der Waals surface area contributed by atoms with Gasteiger partial charge in [-0.15, -0.1) is 0 Å². The molecule has 4 rings (SSSR count). The Balaban J connectivity index is 1.43. The van der Waals surface area contributed by atoms with E-state index in [1.807, 2.05) is 0 Å². The van der Waals surface area contributed by atoms with E-state index in [-0.39, 0.29) is 0 Å². The number of rotatable bonds is 8. The van der Waals surface area contributed by atoms with Crippen LogP contribution < -0.4 is 5.32 Å². The van der Waals surface area contributed by atoms with E-state index >= 15 is 0 Å². The van der Waals surface area contributed by atoms with Crippen molar-refractivity contribution < 1.29 is 0 Å². The standard InChI is InChI=1S/C26H28N2/c1-21(16-17-22-10-4-2-5-11-22)27-18-24-20-28(19-23-12-6-3-7-13-23)26-15-9-8-14-25(24)26/h2-15,20-21,27H,16-19H2,1H3/t21-/m1/s1. The molecule has 0 unspecified atom stereocenters. The number of fused-ring (bicyclic) bond motifs is 1. The number of aryl methyl sites for hydroxylation is 1. The molecule has 0 saturated heterocycles. The first kappa shape index (κ1) is 18.5. The number of hydrogen-bond acceptors (Lipinski definition) is 1. The number of nitrogens with one attached hydrogen (secondary N) is 1. The van der Waals surface area contributed by atoms with Gasteiger partial charge in [0.05, 0.1) is 0 Å². The van der Waals surface area contributed by atoms with Crippen LogP contribution in [-0.2, 0) is 19.5 Å². The van der Waals surface area contributed by atoms with E-state index in [4.69, 9.17) is 0 Å². The zero-order valence-corrected chi connectivity index (χ0v) is 16.5. The highest BCUT2D eigenvalue weighted by molar-refractivity contribution is 5.84. The van der Waals surface area contributed by atoms with E-state index in [0.717, 1.165) is 25.9 Å². The molecule has 1 aromatic heterocycles. The molecule has 0 aliphatic heterocycles. The predicted octanol–water partition coefficient (Wildman–Crippen LogP) is 5.80. The highest BCUT2D eigenvalue weighted by atomic mass is 15.0. The summed E-state index contributed by atoms with van der Waals surface area (Å²) in [5.74, 6) is 0. The second-order valence-electron chi connectivity index (χ2n) is 7.59. The van der Waals surface area contributed by atoms with Gasteiger partial charge in [-0.1, -0.05) is 78.9 Å². The van der Waals surface area contributed by atoms with Crippen LogP contribution in [0, 0.1) is 0 Å². The summed E-state index contributed by atoms with van der Waals surface area (Å²) in [6.45, 7) is 4.09. The Kier molecular flexibility index (Phi) is 5.89. The Hall–Kier alpha value is -2.84. The molecular weight excluding hydrogens is 340 g/mol. The Morgan fingerprint density at radius 1 is 0.786 bits per heavy atom. The second kappa shape index (κ2) is 8.90. The fraction of sp³-hybridized carbons (Fsp3) is 0.231. The summed E-state index contributed by atoms with van der Waals surface area (Å²) < 4.78 is 2.37. The minimum Gasteiger partial charge on any atom is -0.343 e. The molecule has 1 N–H and O–H groups in total. The molecule has 0 aliphatic rings. The highest BCUT2D eigenvalue weighted by Crippen LogP contribution is 2.22. The largest absolute Gasteiger partial charge is 0.343 e. The average Bonchev–Trinajstić information content (AvgIpc) is 3.10. The third kappa shape index (κ3) is 4.52. The monoisotopic (exact) mass is 368 g/mol. The van der Waals surface area contributed by atoms with Crippen LogP contribution in [0.25, 0.3) is 10.9 Å². The van der Waals surface area contributed by atoms with E-state index in [9.17, 15) is 0 Å². The van der Waals surface area contributed by atoms with Crippen LogP contribution in [0.5, 0.6) is 0 Å². The SMILES string of the molecule is C[C@H](CCc1ccccc1)NCc1cn(Cc2ccccc2)c2ccccc12. The first-order chi connectivity index (χ1) is 13.8. The van der Waals surface area contributed by atoms with Crippen LogP contribution in [-0.4, -0.2) is 10.6 Å². The molecule has 0 spiro atoms. The zero-order valence-electron chi connectivity index (χ0n) is 16.5. The fourth-order valence-corrected chi connectivity index (χ4v) is 3.79. The van der Waals surface area contributed by atoms with Gasteiger partial charge < -0.3 is 9.88 Å². The predicted molar refractivity (Wildman–Crippen MR) is 119 cm³/mol. The van der Waals surface area contributed by atoms with Gasteiger partial charge in [0, 0.05) is 36.2 Å². The third-order valence-corrected chi connectivity index (χ3v) is 5.42. The van der Waals surface area contributed by atoms with Gasteiger partial charge in [-0.25, -0.2) is 0 Å². The number of nitrogens with zero attached hydrogens (tertiary/aromatic N) is 1. The van der Waals surface area contributed by atoms with Crippen molar-refractivity contribution in [3.8, 4) is 0 Å². The maximum atomic E-state index is 3.73. The van der Waals surface area contributed by atoms with Crippen LogP contribution in [0.1, 0.15) is 30.0 Å². The average molecular weight is 369 g/mol. The summed E-state index contributed by atoms with van der Waals surface area (Å²) in [4.78, 5) is 0. The molecular formula is C26H28N2. The molecule has 0 aliphatic carbocycles. The molecule has 0 radical (unpaired) electrons. The maximum Gasteiger partial charge on any atom is 0.0486 e. The van der Waals surface area contributed by atoms with Gasteiger partial charge in [0.2, 0.25) is 0 Å². The lowest BCUT2D eigenvalue weighted by molar-refractivity contribution is 0.514. The molecule has 2 nitrogen and oxygen atoms in total. The summed E-state index contributed by atoms with van der Waals surface area (Å²) in [7, 11) is 0. The molecule has 1 atom stereocenters. The second-order valence-corrected chi connectivity index (χ2v) is 7.59. The van der Waals surface area contributed by atoms with Gasteiger partial charge in [0.25, 0.3) is 0 Å². The van der Waals surface area contributed by atoms with Crippen LogP contribution in [0.2, 0.25) is 0 Å². The summed E-state index contributed by atoms with van der Waals surface area (Å²) in [6.07, 6.45) is 4.58. The van der Waals surface area contributed by atoms with Crippen molar-refractivity contribution >= 4 is 10.9 Å². The lowest BCUT2D eigenvalue weighted by atomic mass is 10.1. The molecule has 0 fully saturated rings. The number of hydrogen-bond donors (Lipinski definition) is 1. The van der Waals surface area contributed by atoms with E-state index < -0.39 is 0 Å². The van der Waals surface area contributed by atoms with Crippen molar-refractivity contribution in [2.24, 2.45) is 0 Å². The van der Waals surface area contributed by atoms with Crippen molar-refractivity contribution in [1.29, 1.82) is 0 Å². The summed E-state index contributed by atoms with van der Waals surface area (Å²) >= 11 is 0. The summed E-state index contributed by atoms with van der Waals surface area (Å²) in [5, 5.41) is 5.07. The molecule has 4 aromatic rings. The van der Waals surface area contributed by atoms with Crippen LogP contribution in [0.3, 0.4) is 0 Å². The molecule has 0 saturated carbocycles. The number of aromatic nitrogens is 1. The minimum atomic E-state index is 0.483. The molecule has 142 valence electrons. The number of benzene rings is 3. The lowest BCUT2D eigenvalue weighted by Crippen LogP contribution is -2.25. The van der Waals surface area contributed by atoms with E-state index in [0.29, 0.717) is 6.04 Å². The van der Waals surface area contributed by atoms with E-state index in [2.05, 4.69) is 108 Å². The van der Waals surface area contributed by atoms with Gasteiger partial charge in [0.15, 0.2) is 0 Å². The molecule has 3 aromatic carbocycles. The van der Waals surface area contributed by atoms with Crippen LogP contribution in [0.4, 0.5) is 0 Å². The number of para-hydroxylation sites is 1. The smallest absolute Gasteiger partial charge is 0.0486 e. The first-order valence-corrected chi connectivity index (χ1v) is 10.2. The van der Waals surface area contributed by atoms with Crippen LogP contribution >= 0.6 is 0 Å². The van der Waals surface area contributed by atoms with Crippen molar-refractivity contribution in [2.45, 2.75) is 38.9 Å².